The van der Waals surface area contributed by atoms with Gasteiger partial charge in [-0.05, 0) is 23.0 Å². The van der Waals surface area contributed by atoms with Gasteiger partial charge < -0.3 is 0 Å². The zero-order valence-electron chi connectivity index (χ0n) is 8.72. The first-order valence-corrected chi connectivity index (χ1v) is 4.52. The van der Waals surface area contributed by atoms with E-state index in [1.807, 2.05) is 6.08 Å². The van der Waals surface area contributed by atoms with E-state index in [2.05, 4.69) is 46.9 Å². The van der Waals surface area contributed by atoms with Crippen LogP contribution in [-0.2, 0) is 0 Å². The van der Waals surface area contributed by atoms with Crippen molar-refractivity contribution in [3.8, 4) is 0 Å². The van der Waals surface area contributed by atoms with Gasteiger partial charge in [-0.15, -0.1) is 0 Å². The first-order valence-electron chi connectivity index (χ1n) is 4.52. The van der Waals surface area contributed by atoms with Crippen molar-refractivity contribution in [3.63, 3.8) is 0 Å². The van der Waals surface area contributed by atoms with Crippen LogP contribution in [0.3, 0.4) is 0 Å². The second kappa shape index (κ2) is 4.97. The van der Waals surface area contributed by atoms with E-state index in [1.54, 1.807) is 0 Å². The molecule has 0 aliphatic carbocycles. The third-order valence-corrected chi connectivity index (χ3v) is 1.99. The molecule has 0 unspecified atom stereocenters. The molecule has 0 N–H and O–H groups in total. The predicted octanol–water partition coefficient (Wildman–Crippen LogP) is 3.97. The summed E-state index contributed by atoms with van der Waals surface area (Å²) in [5, 5.41) is 0. The van der Waals surface area contributed by atoms with Crippen molar-refractivity contribution >= 4 is 0 Å². The summed E-state index contributed by atoms with van der Waals surface area (Å²) >= 11 is 0. The van der Waals surface area contributed by atoms with Crippen LogP contribution in [0.2, 0.25) is 0 Å². The number of hydrogen-bond acceptors (Lipinski definition) is 0. The van der Waals surface area contributed by atoms with Crippen molar-refractivity contribution in [2.75, 3.05) is 0 Å². The highest BCUT2D eigenvalue weighted by Crippen LogP contribution is 2.23. The average Bonchev–Trinajstić information content (AvgIpc) is 1.98. The van der Waals surface area contributed by atoms with E-state index >= 15 is 0 Å². The second-order valence-electron chi connectivity index (χ2n) is 3.69. The summed E-state index contributed by atoms with van der Waals surface area (Å²) in [4.78, 5) is 0. The fourth-order valence-corrected chi connectivity index (χ4v) is 1.13. The molecule has 0 bridgehead atoms. The summed E-state index contributed by atoms with van der Waals surface area (Å²) < 4.78 is 0. The summed E-state index contributed by atoms with van der Waals surface area (Å²) in [6.45, 7) is 16.5. The fourth-order valence-electron chi connectivity index (χ4n) is 1.13. The van der Waals surface area contributed by atoms with Crippen LogP contribution in [-0.4, -0.2) is 0 Å². The molecule has 0 fully saturated rings. The maximum Gasteiger partial charge on any atom is -0.0216 e. The van der Waals surface area contributed by atoms with Crippen molar-refractivity contribution in [1.29, 1.82) is 0 Å². The number of rotatable bonds is 4. The Labute approximate surface area is 76.7 Å². The quantitative estimate of drug-likeness (QED) is 0.551. The molecule has 0 aromatic carbocycles. The van der Waals surface area contributed by atoms with Crippen LogP contribution in [0, 0.1) is 11.8 Å². The van der Waals surface area contributed by atoms with Crippen LogP contribution in [0.4, 0.5) is 0 Å². The normalized spacial score (nSPS) is 12.3. The van der Waals surface area contributed by atoms with Crippen LogP contribution >= 0.6 is 0 Å². The lowest BCUT2D eigenvalue weighted by molar-refractivity contribution is 0.704. The molecule has 0 amide bonds. The summed E-state index contributed by atoms with van der Waals surface area (Å²) in [7, 11) is 0. The Morgan fingerprint density at radius 3 is 1.83 bits per heavy atom. The van der Waals surface area contributed by atoms with E-state index in [0.29, 0.717) is 11.8 Å². The van der Waals surface area contributed by atoms with Gasteiger partial charge in [-0.25, -0.2) is 0 Å². The Morgan fingerprint density at radius 2 is 1.58 bits per heavy atom. The maximum absolute atomic E-state index is 4.08. The molecular weight excluding hydrogens is 144 g/mol. The van der Waals surface area contributed by atoms with Gasteiger partial charge in [0.05, 0.1) is 0 Å². The van der Waals surface area contributed by atoms with Crippen molar-refractivity contribution in [3.05, 3.63) is 36.5 Å². The Hall–Kier alpha value is -0.780. The molecule has 0 rings (SSSR count). The lowest BCUT2D eigenvalue weighted by atomic mass is 9.89. The molecule has 0 aromatic heterocycles. The van der Waals surface area contributed by atoms with Gasteiger partial charge >= 0.3 is 0 Å². The fraction of sp³-hybridized carbons (Fsp3) is 0.500. The van der Waals surface area contributed by atoms with Gasteiger partial charge in [-0.3, -0.25) is 0 Å². The van der Waals surface area contributed by atoms with Crippen LogP contribution < -0.4 is 0 Å². The molecule has 0 atom stereocenters. The van der Waals surface area contributed by atoms with Gasteiger partial charge in [0.25, 0.3) is 0 Å². The molecule has 0 heteroatoms. The van der Waals surface area contributed by atoms with Gasteiger partial charge in [0.1, 0.15) is 0 Å². The third-order valence-electron chi connectivity index (χ3n) is 1.99. The van der Waals surface area contributed by atoms with Crippen LogP contribution in [0.25, 0.3) is 0 Å². The zero-order chi connectivity index (χ0) is 9.72. The second-order valence-corrected chi connectivity index (χ2v) is 3.69. The molecule has 0 aromatic rings. The van der Waals surface area contributed by atoms with Crippen molar-refractivity contribution in [2.45, 2.75) is 27.7 Å². The van der Waals surface area contributed by atoms with E-state index in [9.17, 15) is 0 Å². The molecule has 0 saturated carbocycles. The van der Waals surface area contributed by atoms with E-state index in [1.165, 1.54) is 11.1 Å². The highest BCUT2D eigenvalue weighted by molar-refractivity contribution is 5.33. The van der Waals surface area contributed by atoms with E-state index in [4.69, 9.17) is 0 Å². The minimum Gasteiger partial charge on any atom is -0.0991 e. The molecule has 0 aliphatic rings. The highest BCUT2D eigenvalue weighted by atomic mass is 14.1. The molecule has 0 spiro atoms. The van der Waals surface area contributed by atoms with Gasteiger partial charge in [-0.2, -0.15) is 0 Å². The Balaban J connectivity index is 4.64. The molecule has 0 saturated heterocycles. The van der Waals surface area contributed by atoms with E-state index in [-0.39, 0.29) is 0 Å². The molecule has 0 nitrogen and oxygen atoms in total. The minimum absolute atomic E-state index is 0.526. The van der Waals surface area contributed by atoms with Crippen LogP contribution in [0.15, 0.2) is 36.5 Å². The van der Waals surface area contributed by atoms with Gasteiger partial charge in [-0.1, -0.05) is 53.0 Å². The van der Waals surface area contributed by atoms with Gasteiger partial charge in [0.15, 0.2) is 0 Å². The number of hydrogen-bond donors (Lipinski definition) is 0. The van der Waals surface area contributed by atoms with E-state index in [0.717, 1.165) is 0 Å². The maximum atomic E-state index is 4.08. The molecular formula is C12H20. The van der Waals surface area contributed by atoms with Crippen molar-refractivity contribution in [2.24, 2.45) is 11.8 Å². The molecule has 12 heavy (non-hydrogen) atoms. The number of allylic oxidation sites excluding steroid dienone is 4. The summed E-state index contributed by atoms with van der Waals surface area (Å²) in [5.74, 6) is 1.07. The van der Waals surface area contributed by atoms with E-state index < -0.39 is 0 Å². The van der Waals surface area contributed by atoms with Gasteiger partial charge in [0, 0.05) is 0 Å². The molecule has 0 aliphatic heterocycles. The largest absolute Gasteiger partial charge is 0.0991 e. The minimum atomic E-state index is 0.526. The topological polar surface area (TPSA) is 0 Å². The van der Waals surface area contributed by atoms with Crippen molar-refractivity contribution in [1.82, 2.24) is 0 Å². The van der Waals surface area contributed by atoms with Crippen LogP contribution in [0.5, 0.6) is 0 Å². The smallest absolute Gasteiger partial charge is 0.0216 e. The monoisotopic (exact) mass is 164 g/mol. The first-order chi connectivity index (χ1) is 5.50. The SMILES string of the molecule is C=CC=C(C(=C)C(C)C)C(C)C. The van der Waals surface area contributed by atoms with Crippen LogP contribution in [0.1, 0.15) is 27.7 Å². The Morgan fingerprint density at radius 1 is 1.08 bits per heavy atom. The first kappa shape index (κ1) is 11.2. The average molecular weight is 164 g/mol. The van der Waals surface area contributed by atoms with Gasteiger partial charge in [0.2, 0.25) is 0 Å². The zero-order valence-corrected chi connectivity index (χ0v) is 8.72. The third kappa shape index (κ3) is 3.08. The Kier molecular flexibility index (Phi) is 4.65. The molecule has 0 radical (unpaired) electrons. The Bertz CT molecular complexity index is 192. The lowest BCUT2D eigenvalue weighted by Crippen LogP contribution is -2.02. The summed E-state index contributed by atoms with van der Waals surface area (Å²) in [5.41, 5.74) is 2.55. The predicted molar refractivity (Wildman–Crippen MR) is 57.1 cm³/mol. The van der Waals surface area contributed by atoms with Crippen molar-refractivity contribution < 1.29 is 0 Å². The molecule has 0 heterocycles. The molecule has 68 valence electrons. The highest BCUT2D eigenvalue weighted by Gasteiger charge is 2.09. The standard InChI is InChI=1S/C12H20/c1-7-8-12(10(4)5)11(6)9(2)3/h7-10H,1,6H2,2-5H3. The summed E-state index contributed by atoms with van der Waals surface area (Å²) in [6.07, 6.45) is 3.90. The summed E-state index contributed by atoms with van der Waals surface area (Å²) in [6, 6.07) is 0. The lowest BCUT2D eigenvalue weighted by Gasteiger charge is -2.16.